The van der Waals surface area contributed by atoms with Crippen LogP contribution in [-0.4, -0.2) is 22.5 Å². The van der Waals surface area contributed by atoms with E-state index in [-0.39, 0.29) is 11.9 Å². The van der Waals surface area contributed by atoms with Gasteiger partial charge in [-0.25, -0.2) is 9.78 Å². The first-order valence-electron chi connectivity index (χ1n) is 8.05. The Morgan fingerprint density at radius 2 is 1.88 bits per heavy atom. The predicted molar refractivity (Wildman–Crippen MR) is 104 cm³/mol. The van der Waals surface area contributed by atoms with Gasteiger partial charge < -0.3 is 10.6 Å². The number of benzene rings is 1. The fourth-order valence-electron chi connectivity index (χ4n) is 2.00. The second-order valence-corrected chi connectivity index (χ2v) is 6.61. The van der Waals surface area contributed by atoms with Crippen LogP contribution in [0.3, 0.4) is 0 Å². The van der Waals surface area contributed by atoms with E-state index in [1.807, 2.05) is 19.9 Å². The Hall–Kier alpha value is -2.05. The Labute approximate surface area is 157 Å². The van der Waals surface area contributed by atoms with E-state index in [4.69, 9.17) is 23.2 Å². The molecule has 2 aromatic rings. The molecule has 0 atom stereocenters. The zero-order valence-electron chi connectivity index (χ0n) is 14.4. The number of hydrogen-bond donors (Lipinski definition) is 3. The third-order valence-electron chi connectivity index (χ3n) is 3.30. The first kappa shape index (κ1) is 19.3. The van der Waals surface area contributed by atoms with Crippen molar-refractivity contribution in [3.05, 3.63) is 40.0 Å². The number of carbonyl (C=O) groups is 1. The maximum atomic E-state index is 12.2. The molecule has 1 aromatic heterocycles. The smallest absolute Gasteiger partial charge is 0.326 e. The van der Waals surface area contributed by atoms with Crippen LogP contribution >= 0.6 is 23.2 Å². The van der Waals surface area contributed by atoms with E-state index >= 15 is 0 Å². The molecule has 0 unspecified atom stereocenters. The summed E-state index contributed by atoms with van der Waals surface area (Å²) in [4.78, 5) is 20.9. The highest BCUT2D eigenvalue weighted by molar-refractivity contribution is 6.42. The van der Waals surface area contributed by atoms with Crippen molar-refractivity contribution in [3.63, 3.8) is 0 Å². The summed E-state index contributed by atoms with van der Waals surface area (Å²) >= 11 is 11.8. The molecule has 0 radical (unpaired) electrons. The highest BCUT2D eigenvalue weighted by atomic mass is 35.5. The Bertz CT molecular complexity index is 752. The van der Waals surface area contributed by atoms with Gasteiger partial charge in [-0.1, -0.05) is 44.0 Å². The number of urea groups is 1. The van der Waals surface area contributed by atoms with Crippen molar-refractivity contribution in [2.24, 2.45) is 0 Å². The van der Waals surface area contributed by atoms with Gasteiger partial charge >= 0.3 is 6.03 Å². The normalized spacial score (nSPS) is 10.6. The number of halogens is 2. The molecule has 0 saturated heterocycles. The van der Waals surface area contributed by atoms with E-state index < -0.39 is 6.03 Å². The maximum absolute atomic E-state index is 12.2. The minimum Gasteiger partial charge on any atom is -0.370 e. The van der Waals surface area contributed by atoms with E-state index in [0.717, 1.165) is 18.7 Å². The molecule has 0 aliphatic heterocycles. The monoisotopic (exact) mass is 381 g/mol. The van der Waals surface area contributed by atoms with Gasteiger partial charge in [0.15, 0.2) is 0 Å². The third kappa shape index (κ3) is 5.76. The van der Waals surface area contributed by atoms with Crippen LogP contribution in [0.2, 0.25) is 10.0 Å². The summed E-state index contributed by atoms with van der Waals surface area (Å²) in [6, 6.07) is 6.28. The number of nitrogens with zero attached hydrogens (tertiary/aromatic N) is 2. The van der Waals surface area contributed by atoms with Crippen LogP contribution in [0.5, 0.6) is 0 Å². The fourth-order valence-corrected chi connectivity index (χ4v) is 2.30. The molecule has 0 saturated carbocycles. The summed E-state index contributed by atoms with van der Waals surface area (Å²) in [5.41, 5.74) is 1.37. The highest BCUT2D eigenvalue weighted by Crippen LogP contribution is 2.25. The second-order valence-electron chi connectivity index (χ2n) is 5.79. The van der Waals surface area contributed by atoms with Crippen molar-refractivity contribution in [2.75, 3.05) is 22.5 Å². The lowest BCUT2D eigenvalue weighted by Crippen LogP contribution is -2.21. The molecule has 2 amide bonds. The Kier molecular flexibility index (Phi) is 6.84. The van der Waals surface area contributed by atoms with Gasteiger partial charge in [-0.2, -0.15) is 4.98 Å². The zero-order chi connectivity index (χ0) is 18.4. The number of rotatable bonds is 6. The summed E-state index contributed by atoms with van der Waals surface area (Å²) in [6.45, 7) is 6.93. The zero-order valence-corrected chi connectivity index (χ0v) is 15.9. The molecular formula is C17H21Cl2N5O. The highest BCUT2D eigenvalue weighted by Gasteiger charge is 2.11. The van der Waals surface area contributed by atoms with E-state index in [9.17, 15) is 4.79 Å². The quantitative estimate of drug-likeness (QED) is 0.627. The minimum absolute atomic E-state index is 0.212. The van der Waals surface area contributed by atoms with E-state index in [2.05, 4.69) is 32.8 Å². The first-order valence-corrected chi connectivity index (χ1v) is 8.80. The second kappa shape index (κ2) is 8.87. The maximum Gasteiger partial charge on any atom is 0.326 e. The Morgan fingerprint density at radius 3 is 2.52 bits per heavy atom. The topological polar surface area (TPSA) is 78.9 Å². The molecular weight excluding hydrogens is 361 g/mol. The van der Waals surface area contributed by atoms with Crippen molar-refractivity contribution in [1.82, 2.24) is 9.97 Å². The molecule has 0 aliphatic carbocycles. The average Bonchev–Trinajstić information content (AvgIpc) is 2.56. The molecule has 0 fully saturated rings. The summed E-state index contributed by atoms with van der Waals surface area (Å²) in [7, 11) is 0. The van der Waals surface area contributed by atoms with Gasteiger partial charge in [-0.15, -0.1) is 0 Å². The number of aromatic nitrogens is 2. The van der Waals surface area contributed by atoms with Gasteiger partial charge in [0.1, 0.15) is 5.82 Å². The van der Waals surface area contributed by atoms with Crippen molar-refractivity contribution in [1.29, 1.82) is 0 Å². The number of anilines is 3. The molecule has 2 rings (SSSR count). The van der Waals surface area contributed by atoms with Gasteiger partial charge in [-0.05, 0) is 30.5 Å². The fraction of sp³-hybridized carbons (Fsp3) is 0.353. The molecule has 3 N–H and O–H groups in total. The minimum atomic E-state index is -0.458. The molecule has 0 spiro atoms. The third-order valence-corrected chi connectivity index (χ3v) is 4.04. The van der Waals surface area contributed by atoms with Crippen molar-refractivity contribution < 1.29 is 4.79 Å². The van der Waals surface area contributed by atoms with Crippen LogP contribution < -0.4 is 16.0 Å². The van der Waals surface area contributed by atoms with E-state index in [1.165, 1.54) is 0 Å². The summed E-state index contributed by atoms with van der Waals surface area (Å²) in [5, 5.41) is 9.32. The molecule has 0 aliphatic rings. The average molecular weight is 382 g/mol. The van der Waals surface area contributed by atoms with Crippen LogP contribution in [0, 0.1) is 0 Å². The van der Waals surface area contributed by atoms with Crippen LogP contribution in [0.25, 0.3) is 0 Å². The number of nitrogens with one attached hydrogen (secondary N) is 3. The van der Waals surface area contributed by atoms with Gasteiger partial charge in [-0.3, -0.25) is 5.32 Å². The van der Waals surface area contributed by atoms with Gasteiger partial charge in [0.25, 0.3) is 0 Å². The lowest BCUT2D eigenvalue weighted by Gasteiger charge is -2.12. The van der Waals surface area contributed by atoms with E-state index in [0.29, 0.717) is 21.6 Å². The van der Waals surface area contributed by atoms with Crippen LogP contribution in [-0.2, 0) is 0 Å². The standard InChI is InChI=1S/C17H21Cl2N5O/c1-4-7-20-15-9-14(10(2)3)22-16(23-15)24-17(25)21-11-5-6-12(18)13(19)8-11/h5-6,8-10H,4,7H2,1-3H3,(H3,20,21,22,23,24,25). The van der Waals surface area contributed by atoms with Crippen LogP contribution in [0.1, 0.15) is 38.8 Å². The van der Waals surface area contributed by atoms with Gasteiger partial charge in [0, 0.05) is 18.3 Å². The lowest BCUT2D eigenvalue weighted by molar-refractivity contribution is 0.262. The molecule has 25 heavy (non-hydrogen) atoms. The molecule has 8 heteroatoms. The predicted octanol–water partition coefficient (Wildman–Crippen LogP) is 5.37. The summed E-state index contributed by atoms with van der Waals surface area (Å²) in [6.07, 6.45) is 0.974. The molecule has 1 heterocycles. The van der Waals surface area contributed by atoms with Crippen LogP contribution in [0.15, 0.2) is 24.3 Å². The van der Waals surface area contributed by atoms with Gasteiger partial charge in [0.2, 0.25) is 5.95 Å². The molecule has 134 valence electrons. The Balaban J connectivity index is 2.12. The Morgan fingerprint density at radius 1 is 1.12 bits per heavy atom. The van der Waals surface area contributed by atoms with Crippen molar-refractivity contribution in [3.8, 4) is 0 Å². The molecule has 1 aromatic carbocycles. The molecule has 6 nitrogen and oxygen atoms in total. The SMILES string of the molecule is CCCNc1cc(C(C)C)nc(NC(=O)Nc2ccc(Cl)c(Cl)c2)n1. The van der Waals surface area contributed by atoms with Gasteiger partial charge in [0.05, 0.1) is 15.7 Å². The van der Waals surface area contributed by atoms with Crippen molar-refractivity contribution in [2.45, 2.75) is 33.1 Å². The number of amides is 2. The lowest BCUT2D eigenvalue weighted by atomic mass is 10.1. The number of carbonyl (C=O) groups excluding carboxylic acids is 1. The summed E-state index contributed by atoms with van der Waals surface area (Å²) < 4.78 is 0. The van der Waals surface area contributed by atoms with Crippen molar-refractivity contribution >= 4 is 46.7 Å². The van der Waals surface area contributed by atoms with E-state index in [1.54, 1.807) is 18.2 Å². The summed E-state index contributed by atoms with van der Waals surface area (Å²) in [5.74, 6) is 1.14. The van der Waals surface area contributed by atoms with Crippen LogP contribution in [0.4, 0.5) is 22.2 Å². The number of hydrogen-bond acceptors (Lipinski definition) is 4. The first-order chi connectivity index (χ1) is 11.9. The molecule has 0 bridgehead atoms. The largest absolute Gasteiger partial charge is 0.370 e.